The van der Waals surface area contributed by atoms with Crippen LogP contribution < -0.4 is 0 Å². The van der Waals surface area contributed by atoms with E-state index >= 15 is 0 Å². The summed E-state index contributed by atoms with van der Waals surface area (Å²) < 4.78 is 0. The van der Waals surface area contributed by atoms with Crippen molar-refractivity contribution in [2.24, 2.45) is 0 Å². The highest BCUT2D eigenvalue weighted by atomic mass is 28.2. The van der Waals surface area contributed by atoms with E-state index in [1.165, 1.54) is 31.7 Å². The zero-order valence-corrected chi connectivity index (χ0v) is 8.92. The molecule has 0 spiro atoms. The highest BCUT2D eigenvalue weighted by molar-refractivity contribution is 6.49. The molecule has 0 atom stereocenters. The number of hydrogen-bond acceptors (Lipinski definition) is 0. The van der Waals surface area contributed by atoms with Crippen LogP contribution in [0.2, 0.25) is 0 Å². The first-order chi connectivity index (χ1) is 5.93. The van der Waals surface area contributed by atoms with Crippen molar-refractivity contribution in [2.75, 3.05) is 0 Å². The second-order valence-electron chi connectivity index (χ2n) is 3.30. The van der Waals surface area contributed by atoms with Crippen LogP contribution in [0.15, 0.2) is 29.6 Å². The summed E-state index contributed by atoms with van der Waals surface area (Å²) in [6.45, 7) is 2.27. The van der Waals surface area contributed by atoms with E-state index in [9.17, 15) is 0 Å². The molecule has 66 valence electrons. The summed E-state index contributed by atoms with van der Waals surface area (Å²) in [5.41, 5.74) is 4.80. The van der Waals surface area contributed by atoms with E-state index < -0.39 is 0 Å². The van der Waals surface area contributed by atoms with Crippen LogP contribution in [0.4, 0.5) is 0 Å². The first-order valence-electron chi connectivity index (χ1n) is 4.97. The minimum absolute atomic E-state index is 0.221. The van der Waals surface area contributed by atoms with Gasteiger partial charge in [0.2, 0.25) is 0 Å². The lowest BCUT2D eigenvalue weighted by Gasteiger charge is -1.98. The van der Waals surface area contributed by atoms with Gasteiger partial charge in [0, 0.05) is 8.40 Å². The molecule has 1 aromatic rings. The second kappa shape index (κ2) is 6.12. The summed E-state index contributed by atoms with van der Waals surface area (Å²) >= 11 is 0. The zero-order valence-electron chi connectivity index (χ0n) is 7.92. The molecule has 0 aliphatic carbocycles. The Morgan fingerprint density at radius 2 is 1.67 bits per heavy atom. The largest absolute Gasteiger partial charge is 0.0778 e. The monoisotopic (exact) mass is 178 g/mol. The molecule has 0 nitrogen and oxygen atoms in total. The molecule has 0 bridgehead atoms. The van der Waals surface area contributed by atoms with Crippen LogP contribution in [0.25, 0.3) is 0 Å². The summed E-state index contributed by atoms with van der Waals surface area (Å²) in [5.74, 6) is 0. The number of hydrogen-bond donors (Lipinski definition) is 0. The lowest BCUT2D eigenvalue weighted by Crippen LogP contribution is -1.98. The van der Waals surface area contributed by atoms with Gasteiger partial charge in [0.25, 0.3) is 0 Å². The van der Waals surface area contributed by atoms with E-state index in [4.69, 9.17) is 0 Å². The summed E-state index contributed by atoms with van der Waals surface area (Å²) in [4.78, 5) is 0. The Labute approximate surface area is 77.2 Å². The number of unbranched alkanes of at least 4 members (excludes halogenated alkanes) is 3. The van der Waals surface area contributed by atoms with E-state index in [0.29, 0.717) is 0 Å². The molecule has 0 unspecified atom stereocenters. The van der Waals surface area contributed by atoms with Crippen LogP contribution in [0.3, 0.4) is 0 Å². The molecular weight excluding hydrogens is 160 g/mol. The molecule has 0 aliphatic rings. The van der Waals surface area contributed by atoms with Gasteiger partial charge in [-0.15, -0.1) is 0 Å². The van der Waals surface area contributed by atoms with Gasteiger partial charge in [-0.3, -0.25) is 0 Å². The van der Waals surface area contributed by atoms with Gasteiger partial charge >= 0.3 is 0 Å². The van der Waals surface area contributed by atoms with Crippen LogP contribution in [-0.4, -0.2) is 8.40 Å². The summed E-state index contributed by atoms with van der Waals surface area (Å²) in [7, 11) is -0.221. The maximum atomic E-state index is 2.40. The molecule has 1 rings (SSSR count). The van der Waals surface area contributed by atoms with E-state index in [1.807, 2.05) is 0 Å². The van der Waals surface area contributed by atoms with Crippen LogP contribution in [-0.2, 0) is 6.04 Å². The molecular formula is C11H18Si. The van der Waals surface area contributed by atoms with Gasteiger partial charge in [-0.25, -0.2) is 0 Å². The molecule has 1 heteroatoms. The smallest absolute Gasteiger partial charge is 0.0369 e. The summed E-state index contributed by atoms with van der Waals surface area (Å²) in [6, 6.07) is 7.97. The van der Waals surface area contributed by atoms with Gasteiger partial charge in [-0.1, -0.05) is 62.2 Å². The molecule has 12 heavy (non-hydrogen) atoms. The lowest BCUT2D eigenvalue weighted by molar-refractivity contribution is 0.687. The molecule has 0 saturated heterocycles. The summed E-state index contributed by atoms with van der Waals surface area (Å²) in [6.07, 6.45) is 5.61. The predicted molar refractivity (Wildman–Crippen MR) is 56.5 cm³/mol. The molecule has 0 aliphatic heterocycles. The third-order valence-electron chi connectivity index (χ3n) is 2.16. The van der Waals surface area contributed by atoms with Crippen molar-refractivity contribution in [3.8, 4) is 0 Å². The fraction of sp³-hybridized carbons (Fsp3) is 0.545. The highest BCUT2D eigenvalue weighted by Crippen LogP contribution is 2.00. The lowest BCUT2D eigenvalue weighted by atomic mass is 10.2. The standard InChI is InChI=1S/C11H18Si/c1-2-3-4-6-9-12-10-7-5-8-11-12/h5,7-8,10-11H,2-4,6,9H2,1H3. The van der Waals surface area contributed by atoms with Crippen molar-refractivity contribution < 1.29 is 0 Å². The zero-order chi connectivity index (χ0) is 8.65. The van der Waals surface area contributed by atoms with E-state index in [1.54, 1.807) is 0 Å². The van der Waals surface area contributed by atoms with Crippen LogP contribution in [0.5, 0.6) is 0 Å². The predicted octanol–water partition coefficient (Wildman–Crippen LogP) is 3.29. The Bertz CT molecular complexity index is 193. The Morgan fingerprint density at radius 3 is 2.33 bits per heavy atom. The maximum Gasteiger partial charge on any atom is 0.0369 e. The Morgan fingerprint density at radius 1 is 0.917 bits per heavy atom. The highest BCUT2D eigenvalue weighted by Gasteiger charge is 1.91. The van der Waals surface area contributed by atoms with E-state index in [-0.39, 0.29) is 8.40 Å². The first-order valence-corrected chi connectivity index (χ1v) is 6.83. The third kappa shape index (κ3) is 3.81. The van der Waals surface area contributed by atoms with E-state index in [2.05, 4.69) is 36.5 Å². The van der Waals surface area contributed by atoms with Gasteiger partial charge in [0.1, 0.15) is 0 Å². The molecule has 0 amide bonds. The van der Waals surface area contributed by atoms with Gasteiger partial charge in [-0.05, 0) is 6.04 Å². The van der Waals surface area contributed by atoms with Gasteiger partial charge in [-0.2, -0.15) is 0 Å². The SMILES string of the molecule is CCCCCC[si]1ccccc1. The minimum atomic E-state index is -0.221. The van der Waals surface area contributed by atoms with Crippen LogP contribution in [0.1, 0.15) is 32.6 Å². The van der Waals surface area contributed by atoms with Crippen molar-refractivity contribution in [2.45, 2.75) is 38.7 Å². The fourth-order valence-electron chi connectivity index (χ4n) is 1.40. The van der Waals surface area contributed by atoms with E-state index in [0.717, 1.165) is 0 Å². The summed E-state index contributed by atoms with van der Waals surface area (Å²) in [5, 5.41) is 0. The molecule has 0 aromatic carbocycles. The van der Waals surface area contributed by atoms with Gasteiger partial charge in [0.15, 0.2) is 0 Å². The Hall–Kier alpha value is -0.433. The fourth-order valence-corrected chi connectivity index (χ4v) is 3.22. The van der Waals surface area contributed by atoms with Gasteiger partial charge in [0.05, 0.1) is 0 Å². The Balaban J connectivity index is 2.16. The molecule has 0 N–H and O–H groups in total. The van der Waals surface area contributed by atoms with Crippen LogP contribution >= 0.6 is 0 Å². The normalized spacial score (nSPS) is 10.1. The topological polar surface area (TPSA) is 0 Å². The molecule has 1 heterocycles. The molecule has 0 radical (unpaired) electrons. The van der Waals surface area contributed by atoms with Gasteiger partial charge < -0.3 is 0 Å². The quantitative estimate of drug-likeness (QED) is 0.479. The second-order valence-corrected chi connectivity index (χ2v) is 5.61. The van der Waals surface area contributed by atoms with Crippen molar-refractivity contribution in [3.63, 3.8) is 0 Å². The van der Waals surface area contributed by atoms with Crippen molar-refractivity contribution >= 4 is 8.40 Å². The molecule has 0 fully saturated rings. The van der Waals surface area contributed by atoms with Crippen LogP contribution in [0, 0.1) is 0 Å². The average Bonchev–Trinajstić information content (AvgIpc) is 2.14. The number of aryl methyl sites for hydroxylation is 1. The maximum absolute atomic E-state index is 2.40. The van der Waals surface area contributed by atoms with Crippen molar-refractivity contribution in [3.05, 3.63) is 29.6 Å². The minimum Gasteiger partial charge on any atom is -0.0778 e. The first kappa shape index (κ1) is 9.65. The average molecular weight is 178 g/mol. The van der Waals surface area contributed by atoms with Crippen molar-refractivity contribution in [1.82, 2.24) is 0 Å². The Kier molecular flexibility index (Phi) is 4.93. The third-order valence-corrected chi connectivity index (χ3v) is 4.33. The van der Waals surface area contributed by atoms with Crippen molar-refractivity contribution in [1.29, 1.82) is 0 Å². The molecule has 0 saturated carbocycles. The molecule has 1 aromatic heterocycles. The number of rotatable bonds is 5.